The van der Waals surface area contributed by atoms with E-state index in [1.54, 1.807) is 4.90 Å². The van der Waals surface area contributed by atoms with Crippen molar-refractivity contribution in [2.24, 2.45) is 11.7 Å². The maximum Gasteiger partial charge on any atom is 0.245 e. The Bertz CT molecular complexity index is 635. The number of amides is 2. The largest absolute Gasteiger partial charge is 0.339 e. The molecule has 25 heavy (non-hydrogen) atoms. The molecule has 2 amide bonds. The average Bonchev–Trinajstić information content (AvgIpc) is 2.98. The zero-order valence-corrected chi connectivity index (χ0v) is 15.8. The summed E-state index contributed by atoms with van der Waals surface area (Å²) in [5.74, 6) is 0.404. The minimum Gasteiger partial charge on any atom is -0.339 e. The topological polar surface area (TPSA) is 66.6 Å². The van der Waals surface area contributed by atoms with E-state index in [0.29, 0.717) is 32.5 Å². The monoisotopic (exact) mass is 365 g/mol. The van der Waals surface area contributed by atoms with Crippen molar-refractivity contribution in [3.63, 3.8) is 0 Å². The van der Waals surface area contributed by atoms with Crippen LogP contribution in [0.1, 0.15) is 37.8 Å². The van der Waals surface area contributed by atoms with Gasteiger partial charge in [-0.3, -0.25) is 9.59 Å². The van der Waals surface area contributed by atoms with E-state index in [1.165, 1.54) is 5.56 Å². The van der Waals surface area contributed by atoms with Crippen molar-refractivity contribution < 1.29 is 9.59 Å². The molecule has 2 atom stereocenters. The number of benzene rings is 1. The summed E-state index contributed by atoms with van der Waals surface area (Å²) in [5, 5.41) is 0. The normalized spacial score (nSPS) is 22.6. The number of nitrogens with zero attached hydrogens (tertiary/aromatic N) is 2. The fourth-order valence-electron chi connectivity index (χ4n) is 3.67. The van der Waals surface area contributed by atoms with E-state index in [9.17, 15) is 9.59 Å². The first-order valence-electron chi connectivity index (χ1n) is 8.86. The molecule has 1 fully saturated rings. The van der Waals surface area contributed by atoms with Crippen LogP contribution in [0.5, 0.6) is 0 Å². The summed E-state index contributed by atoms with van der Waals surface area (Å²) in [4.78, 5) is 29.4. The van der Waals surface area contributed by atoms with E-state index in [2.05, 4.69) is 12.1 Å². The van der Waals surface area contributed by atoms with E-state index in [4.69, 9.17) is 5.73 Å². The summed E-state index contributed by atoms with van der Waals surface area (Å²) in [5.41, 5.74) is 8.28. The molecule has 138 valence electrons. The van der Waals surface area contributed by atoms with Gasteiger partial charge < -0.3 is 15.5 Å². The molecule has 0 saturated carbocycles. The molecule has 6 heteroatoms. The molecule has 1 aromatic rings. The molecule has 0 bridgehead atoms. The number of hydrogen-bond donors (Lipinski definition) is 1. The molecule has 1 saturated heterocycles. The van der Waals surface area contributed by atoms with Gasteiger partial charge in [-0.2, -0.15) is 0 Å². The van der Waals surface area contributed by atoms with Crippen LogP contribution in [0, 0.1) is 5.92 Å². The molecule has 2 aliphatic rings. The van der Waals surface area contributed by atoms with Gasteiger partial charge in [0.05, 0.1) is 0 Å². The van der Waals surface area contributed by atoms with Crippen LogP contribution in [0.25, 0.3) is 0 Å². The van der Waals surface area contributed by atoms with Crippen LogP contribution < -0.4 is 5.73 Å². The quantitative estimate of drug-likeness (QED) is 0.890. The molecule has 0 spiro atoms. The van der Waals surface area contributed by atoms with E-state index >= 15 is 0 Å². The van der Waals surface area contributed by atoms with Crippen LogP contribution in [0.3, 0.4) is 0 Å². The number of likely N-dealkylation sites (tertiary alicyclic amines) is 1. The van der Waals surface area contributed by atoms with Gasteiger partial charge in [0.1, 0.15) is 6.04 Å². The lowest BCUT2D eigenvalue weighted by molar-refractivity contribution is -0.147. The second-order valence-electron chi connectivity index (χ2n) is 7.44. The van der Waals surface area contributed by atoms with Crippen molar-refractivity contribution in [3.8, 4) is 0 Å². The van der Waals surface area contributed by atoms with Gasteiger partial charge in [-0.15, -0.1) is 12.4 Å². The van der Waals surface area contributed by atoms with Gasteiger partial charge in [0.2, 0.25) is 11.8 Å². The average molecular weight is 366 g/mol. The number of halogens is 1. The van der Waals surface area contributed by atoms with Gasteiger partial charge >= 0.3 is 0 Å². The fraction of sp³-hybridized carbons (Fsp3) is 0.579. The number of nitrogens with two attached hydrogens (primary N) is 1. The Morgan fingerprint density at radius 3 is 2.52 bits per heavy atom. The molecule has 2 heterocycles. The molecular weight excluding hydrogens is 338 g/mol. The Hall–Kier alpha value is -1.59. The summed E-state index contributed by atoms with van der Waals surface area (Å²) in [6.45, 7) is 5.89. The van der Waals surface area contributed by atoms with E-state index in [-0.39, 0.29) is 36.2 Å². The van der Waals surface area contributed by atoms with Crippen LogP contribution >= 0.6 is 12.4 Å². The highest BCUT2D eigenvalue weighted by Gasteiger charge is 2.38. The molecule has 1 unspecified atom stereocenters. The van der Waals surface area contributed by atoms with Gasteiger partial charge in [0, 0.05) is 38.5 Å². The van der Waals surface area contributed by atoms with Crippen molar-refractivity contribution in [3.05, 3.63) is 35.4 Å². The summed E-state index contributed by atoms with van der Waals surface area (Å²) in [6, 6.07) is 7.78. The van der Waals surface area contributed by atoms with Gasteiger partial charge in [-0.25, -0.2) is 0 Å². The summed E-state index contributed by atoms with van der Waals surface area (Å²) in [7, 11) is 0. The standard InChI is InChI=1S/C19H27N3O2.ClH/c1-13(2)9-18(23)22-11-15-6-4-3-5-14(15)10-17(22)19(24)21-8-7-16(20)12-21;/h3-6,13,16-17H,7-12,20H2,1-2H3;1H/t16-,17?;/m1./s1. The number of carbonyl (C=O) groups is 2. The molecular formula is C19H28ClN3O2. The zero-order chi connectivity index (χ0) is 17.3. The highest BCUT2D eigenvalue weighted by atomic mass is 35.5. The Morgan fingerprint density at radius 1 is 1.24 bits per heavy atom. The first kappa shape index (κ1) is 19.7. The molecule has 1 aromatic carbocycles. The summed E-state index contributed by atoms with van der Waals surface area (Å²) in [6.07, 6.45) is 1.92. The van der Waals surface area contributed by atoms with Crippen LogP contribution in [0.4, 0.5) is 0 Å². The highest BCUT2D eigenvalue weighted by molar-refractivity contribution is 5.89. The van der Waals surface area contributed by atoms with Crippen molar-refractivity contribution in [1.82, 2.24) is 9.80 Å². The maximum atomic E-state index is 13.0. The number of rotatable bonds is 3. The molecule has 2 N–H and O–H groups in total. The van der Waals surface area contributed by atoms with Gasteiger partial charge in [0.15, 0.2) is 0 Å². The molecule has 0 radical (unpaired) electrons. The number of carbonyl (C=O) groups excluding carboxylic acids is 2. The van der Waals surface area contributed by atoms with Gasteiger partial charge in [0.25, 0.3) is 0 Å². The molecule has 0 aliphatic carbocycles. The van der Waals surface area contributed by atoms with Crippen molar-refractivity contribution in [1.29, 1.82) is 0 Å². The van der Waals surface area contributed by atoms with E-state index < -0.39 is 6.04 Å². The summed E-state index contributed by atoms with van der Waals surface area (Å²) >= 11 is 0. The minimum absolute atomic E-state index is 0. The van der Waals surface area contributed by atoms with E-state index in [0.717, 1.165) is 12.0 Å². The predicted molar refractivity (Wildman–Crippen MR) is 100 cm³/mol. The smallest absolute Gasteiger partial charge is 0.245 e. The lowest BCUT2D eigenvalue weighted by atomic mass is 9.92. The first-order chi connectivity index (χ1) is 11.5. The maximum absolute atomic E-state index is 13.0. The second kappa shape index (κ2) is 8.19. The van der Waals surface area contributed by atoms with Crippen molar-refractivity contribution in [2.75, 3.05) is 13.1 Å². The lowest BCUT2D eigenvalue weighted by Crippen LogP contribution is -2.53. The predicted octanol–water partition coefficient (Wildman–Crippen LogP) is 1.97. The van der Waals surface area contributed by atoms with Crippen LogP contribution in [0.15, 0.2) is 24.3 Å². The Balaban J connectivity index is 0.00000225. The summed E-state index contributed by atoms with van der Waals surface area (Å²) < 4.78 is 0. The lowest BCUT2D eigenvalue weighted by Gasteiger charge is -2.38. The third-order valence-electron chi connectivity index (χ3n) is 4.97. The third-order valence-corrected chi connectivity index (χ3v) is 4.97. The zero-order valence-electron chi connectivity index (χ0n) is 15.0. The van der Waals surface area contributed by atoms with Crippen LogP contribution in [-0.4, -0.2) is 46.8 Å². The Morgan fingerprint density at radius 2 is 1.92 bits per heavy atom. The van der Waals surface area contributed by atoms with Crippen molar-refractivity contribution in [2.45, 2.75) is 51.7 Å². The van der Waals surface area contributed by atoms with Crippen molar-refractivity contribution >= 4 is 24.2 Å². The molecule has 5 nitrogen and oxygen atoms in total. The third kappa shape index (κ3) is 4.33. The van der Waals surface area contributed by atoms with Gasteiger partial charge in [-0.1, -0.05) is 38.1 Å². The molecule has 0 aromatic heterocycles. The number of hydrogen-bond acceptors (Lipinski definition) is 3. The SMILES string of the molecule is CC(C)CC(=O)N1Cc2ccccc2CC1C(=O)N1CC[C@@H](N)C1.Cl. The van der Waals surface area contributed by atoms with Gasteiger partial charge in [-0.05, 0) is 23.5 Å². The molecule has 3 rings (SSSR count). The number of fused-ring (bicyclic) bond motifs is 1. The first-order valence-corrected chi connectivity index (χ1v) is 8.86. The van der Waals surface area contributed by atoms with Crippen LogP contribution in [-0.2, 0) is 22.6 Å². The van der Waals surface area contributed by atoms with Crippen LogP contribution in [0.2, 0.25) is 0 Å². The second-order valence-corrected chi connectivity index (χ2v) is 7.44. The fourth-order valence-corrected chi connectivity index (χ4v) is 3.67. The Labute approximate surface area is 155 Å². The Kier molecular flexibility index (Phi) is 6.47. The minimum atomic E-state index is -0.392. The highest BCUT2D eigenvalue weighted by Crippen LogP contribution is 2.26. The van der Waals surface area contributed by atoms with E-state index in [1.807, 2.05) is 30.9 Å². The molecule has 2 aliphatic heterocycles.